The molecule has 1 aliphatic heterocycles. The normalized spacial score (nSPS) is 17.0. The number of carboxylic acid groups (broad SMARTS) is 1. The Morgan fingerprint density at radius 3 is 2.81 bits per heavy atom. The second-order valence-corrected chi connectivity index (χ2v) is 5.39. The van der Waals surface area contributed by atoms with Crippen LogP contribution in [-0.2, 0) is 6.42 Å². The number of piperidine rings is 1. The number of rotatable bonds is 4. The molecule has 1 aliphatic rings. The van der Waals surface area contributed by atoms with Crippen LogP contribution in [0.5, 0.6) is 0 Å². The lowest BCUT2D eigenvalue weighted by Crippen LogP contribution is -2.54. The van der Waals surface area contributed by atoms with Crippen LogP contribution in [0.4, 0.5) is 9.18 Å². The Morgan fingerprint density at radius 2 is 2.19 bits per heavy atom. The highest BCUT2D eigenvalue weighted by atomic mass is 19.1. The Kier molecular flexibility index (Phi) is 4.76. The smallest absolute Gasteiger partial charge is 0.405 e. The van der Waals surface area contributed by atoms with Gasteiger partial charge in [-0.15, -0.1) is 0 Å². The topological polar surface area (TPSA) is 85.2 Å². The number of amides is 1. The number of nitrogens with zero attached hydrogens (tertiary/aromatic N) is 1. The van der Waals surface area contributed by atoms with Crippen LogP contribution >= 0.6 is 0 Å². The summed E-state index contributed by atoms with van der Waals surface area (Å²) in [5.74, 6) is -0.526. The van der Waals surface area contributed by atoms with Gasteiger partial charge in [-0.2, -0.15) is 5.26 Å². The standard InChI is InChI=1S/C15H18FN3O2/c16-13-2-1-11(9-12(13)10-17)3-4-15(19-14(20)21)5-7-18-8-6-15/h1-2,9,18-19H,3-8H2,(H,20,21). The summed E-state index contributed by atoms with van der Waals surface area (Å²) in [6, 6.07) is 6.28. The lowest BCUT2D eigenvalue weighted by molar-refractivity contribution is 0.161. The third kappa shape index (κ3) is 3.92. The van der Waals surface area contributed by atoms with Gasteiger partial charge in [0.15, 0.2) is 0 Å². The maximum Gasteiger partial charge on any atom is 0.405 e. The Bertz CT molecular complexity index is 563. The Hall–Kier alpha value is -2.13. The van der Waals surface area contributed by atoms with E-state index >= 15 is 0 Å². The number of hydrogen-bond acceptors (Lipinski definition) is 3. The summed E-state index contributed by atoms with van der Waals surface area (Å²) >= 11 is 0. The van der Waals surface area contributed by atoms with E-state index in [0.29, 0.717) is 12.8 Å². The molecular weight excluding hydrogens is 273 g/mol. The van der Waals surface area contributed by atoms with E-state index in [4.69, 9.17) is 10.4 Å². The molecule has 0 bridgehead atoms. The fourth-order valence-corrected chi connectivity index (χ4v) is 2.77. The maximum absolute atomic E-state index is 13.3. The Labute approximate surface area is 122 Å². The molecule has 2 rings (SSSR count). The molecule has 0 radical (unpaired) electrons. The number of benzene rings is 1. The number of halogens is 1. The summed E-state index contributed by atoms with van der Waals surface area (Å²) in [4.78, 5) is 11.0. The van der Waals surface area contributed by atoms with E-state index in [1.165, 1.54) is 12.1 Å². The first-order valence-corrected chi connectivity index (χ1v) is 6.95. The van der Waals surface area contributed by atoms with Crippen molar-refractivity contribution in [1.82, 2.24) is 10.6 Å². The molecule has 1 saturated heterocycles. The van der Waals surface area contributed by atoms with Crippen molar-refractivity contribution in [2.75, 3.05) is 13.1 Å². The van der Waals surface area contributed by atoms with E-state index in [9.17, 15) is 9.18 Å². The summed E-state index contributed by atoms with van der Waals surface area (Å²) in [6.07, 6.45) is 1.68. The predicted molar refractivity (Wildman–Crippen MR) is 75.4 cm³/mol. The van der Waals surface area contributed by atoms with Crippen LogP contribution in [0.3, 0.4) is 0 Å². The van der Waals surface area contributed by atoms with E-state index in [2.05, 4.69) is 10.6 Å². The highest BCUT2D eigenvalue weighted by Gasteiger charge is 2.33. The SMILES string of the molecule is N#Cc1cc(CCC2(NC(=O)O)CCNCC2)ccc1F. The molecule has 21 heavy (non-hydrogen) atoms. The number of hydrogen-bond donors (Lipinski definition) is 3. The van der Waals surface area contributed by atoms with Crippen LogP contribution in [0.25, 0.3) is 0 Å². The number of nitrogens with one attached hydrogen (secondary N) is 2. The van der Waals surface area contributed by atoms with Crippen molar-refractivity contribution in [2.24, 2.45) is 0 Å². The zero-order chi connectivity index (χ0) is 15.3. The van der Waals surface area contributed by atoms with E-state index in [1.807, 2.05) is 6.07 Å². The summed E-state index contributed by atoms with van der Waals surface area (Å²) in [7, 11) is 0. The lowest BCUT2D eigenvalue weighted by atomic mass is 9.83. The van der Waals surface area contributed by atoms with Crippen LogP contribution in [0.2, 0.25) is 0 Å². The van der Waals surface area contributed by atoms with Crippen molar-refractivity contribution in [1.29, 1.82) is 5.26 Å². The molecule has 0 unspecified atom stereocenters. The van der Waals surface area contributed by atoms with E-state index in [1.54, 1.807) is 6.07 Å². The molecule has 0 atom stereocenters. The van der Waals surface area contributed by atoms with Gasteiger partial charge in [0.05, 0.1) is 5.56 Å². The molecule has 3 N–H and O–H groups in total. The average molecular weight is 291 g/mol. The fraction of sp³-hybridized carbons (Fsp3) is 0.467. The Balaban J connectivity index is 2.08. The summed E-state index contributed by atoms with van der Waals surface area (Å²) in [6.45, 7) is 1.54. The molecular formula is C15H18FN3O2. The van der Waals surface area contributed by atoms with Gasteiger partial charge in [0.1, 0.15) is 11.9 Å². The van der Waals surface area contributed by atoms with Gasteiger partial charge in [-0.1, -0.05) is 6.07 Å². The van der Waals surface area contributed by atoms with Crippen molar-refractivity contribution >= 4 is 6.09 Å². The second kappa shape index (κ2) is 6.55. The highest BCUT2D eigenvalue weighted by molar-refractivity contribution is 5.65. The third-order valence-electron chi connectivity index (χ3n) is 3.98. The van der Waals surface area contributed by atoms with Gasteiger partial charge >= 0.3 is 6.09 Å². The third-order valence-corrected chi connectivity index (χ3v) is 3.98. The predicted octanol–water partition coefficient (Wildman–Crippen LogP) is 2.02. The largest absolute Gasteiger partial charge is 0.465 e. The van der Waals surface area contributed by atoms with Crippen LogP contribution in [0.15, 0.2) is 18.2 Å². The fourth-order valence-electron chi connectivity index (χ4n) is 2.77. The van der Waals surface area contributed by atoms with Crippen molar-refractivity contribution in [3.05, 3.63) is 35.1 Å². The van der Waals surface area contributed by atoms with E-state index < -0.39 is 17.4 Å². The van der Waals surface area contributed by atoms with Gasteiger partial charge in [0, 0.05) is 5.54 Å². The summed E-state index contributed by atoms with van der Waals surface area (Å²) in [5, 5.41) is 23.7. The molecule has 6 heteroatoms. The zero-order valence-electron chi connectivity index (χ0n) is 11.7. The van der Waals surface area contributed by atoms with Crippen molar-refractivity contribution in [2.45, 2.75) is 31.2 Å². The molecule has 0 spiro atoms. The van der Waals surface area contributed by atoms with E-state index in [-0.39, 0.29) is 5.56 Å². The molecule has 0 aromatic heterocycles. The van der Waals surface area contributed by atoms with Crippen LogP contribution < -0.4 is 10.6 Å². The maximum atomic E-state index is 13.3. The molecule has 112 valence electrons. The monoisotopic (exact) mass is 291 g/mol. The molecule has 1 aromatic carbocycles. The van der Waals surface area contributed by atoms with Crippen LogP contribution in [0.1, 0.15) is 30.4 Å². The first-order chi connectivity index (χ1) is 10.0. The quantitative estimate of drug-likeness (QED) is 0.792. The number of aryl methyl sites for hydroxylation is 1. The van der Waals surface area contributed by atoms with Gasteiger partial charge in [-0.25, -0.2) is 9.18 Å². The zero-order valence-corrected chi connectivity index (χ0v) is 11.7. The van der Waals surface area contributed by atoms with Gasteiger partial charge in [0.2, 0.25) is 0 Å². The van der Waals surface area contributed by atoms with Crippen molar-refractivity contribution < 1.29 is 14.3 Å². The minimum Gasteiger partial charge on any atom is -0.465 e. The summed E-state index contributed by atoms with van der Waals surface area (Å²) in [5.41, 5.74) is 0.425. The Morgan fingerprint density at radius 1 is 1.48 bits per heavy atom. The van der Waals surface area contributed by atoms with Crippen molar-refractivity contribution in [3.8, 4) is 6.07 Å². The molecule has 1 heterocycles. The minimum absolute atomic E-state index is 0.0260. The van der Waals surface area contributed by atoms with Crippen LogP contribution in [-0.4, -0.2) is 29.8 Å². The first-order valence-electron chi connectivity index (χ1n) is 6.95. The van der Waals surface area contributed by atoms with Gasteiger partial charge < -0.3 is 15.7 Å². The summed E-state index contributed by atoms with van der Waals surface area (Å²) < 4.78 is 13.3. The molecule has 1 amide bonds. The number of nitriles is 1. The van der Waals surface area contributed by atoms with Crippen LogP contribution in [0, 0.1) is 17.1 Å². The highest BCUT2D eigenvalue weighted by Crippen LogP contribution is 2.25. The number of carbonyl (C=O) groups is 1. The first kappa shape index (κ1) is 15.3. The molecule has 5 nitrogen and oxygen atoms in total. The second-order valence-electron chi connectivity index (χ2n) is 5.39. The molecule has 0 aliphatic carbocycles. The lowest BCUT2D eigenvalue weighted by Gasteiger charge is -2.37. The average Bonchev–Trinajstić information content (AvgIpc) is 2.47. The van der Waals surface area contributed by atoms with Gasteiger partial charge in [-0.05, 0) is 56.5 Å². The molecule has 1 aromatic rings. The minimum atomic E-state index is -1.02. The molecule has 0 saturated carbocycles. The van der Waals surface area contributed by atoms with E-state index in [0.717, 1.165) is 31.5 Å². The van der Waals surface area contributed by atoms with Gasteiger partial charge in [0.25, 0.3) is 0 Å². The van der Waals surface area contributed by atoms with Gasteiger partial charge in [-0.3, -0.25) is 0 Å². The molecule has 1 fully saturated rings. The van der Waals surface area contributed by atoms with Crippen molar-refractivity contribution in [3.63, 3.8) is 0 Å².